The van der Waals surface area contributed by atoms with Crippen molar-refractivity contribution >= 4 is 11.8 Å². The molecule has 0 saturated carbocycles. The van der Waals surface area contributed by atoms with Gasteiger partial charge in [0.15, 0.2) is 11.5 Å². The van der Waals surface area contributed by atoms with Gasteiger partial charge < -0.3 is 24.2 Å². The van der Waals surface area contributed by atoms with Crippen LogP contribution in [0.15, 0.2) is 22.7 Å². The van der Waals surface area contributed by atoms with Gasteiger partial charge in [0.1, 0.15) is 5.76 Å². The second kappa shape index (κ2) is 11.8. The SMILES string of the molecule is COc1ccc2cc1OCCCCN(C(=O)CCc1c(C)noc1C)CC(=O)NC[C@H]1C[C@H]2N2CCC[C@@H]12. The van der Waals surface area contributed by atoms with Crippen molar-refractivity contribution in [2.24, 2.45) is 5.92 Å². The average Bonchev–Trinajstić information content (AvgIpc) is 3.61. The quantitative estimate of drug-likeness (QED) is 0.653. The van der Waals surface area contributed by atoms with E-state index in [1.165, 1.54) is 12.0 Å². The van der Waals surface area contributed by atoms with Crippen LogP contribution in [0.3, 0.4) is 0 Å². The van der Waals surface area contributed by atoms with E-state index in [0.717, 1.165) is 60.7 Å². The van der Waals surface area contributed by atoms with Crippen LogP contribution >= 0.6 is 0 Å². The maximum atomic E-state index is 13.2. The van der Waals surface area contributed by atoms with Crippen molar-refractivity contribution in [3.63, 3.8) is 0 Å². The Bertz CT molecular complexity index is 1130. The van der Waals surface area contributed by atoms with Gasteiger partial charge in [0.2, 0.25) is 11.8 Å². The number of carbonyl (C=O) groups is 2. The van der Waals surface area contributed by atoms with Gasteiger partial charge in [-0.3, -0.25) is 14.5 Å². The first-order chi connectivity index (χ1) is 18.4. The molecule has 0 aliphatic carbocycles. The maximum Gasteiger partial charge on any atom is 0.239 e. The highest BCUT2D eigenvalue weighted by Gasteiger charge is 2.44. The fraction of sp³-hybridized carbons (Fsp3) is 0.621. The molecule has 4 heterocycles. The van der Waals surface area contributed by atoms with E-state index < -0.39 is 0 Å². The molecular formula is C29H40N4O5. The number of nitrogens with one attached hydrogen (secondary N) is 1. The lowest BCUT2D eigenvalue weighted by atomic mass is 9.94. The highest BCUT2D eigenvalue weighted by Crippen LogP contribution is 2.46. The van der Waals surface area contributed by atoms with Gasteiger partial charge in [-0.2, -0.15) is 0 Å². The third kappa shape index (κ3) is 5.67. The molecule has 38 heavy (non-hydrogen) atoms. The zero-order valence-electron chi connectivity index (χ0n) is 22.8. The Kier molecular flexibility index (Phi) is 8.21. The summed E-state index contributed by atoms with van der Waals surface area (Å²) < 4.78 is 17.0. The number of benzene rings is 1. The molecule has 0 spiro atoms. The molecule has 1 N–H and O–H groups in total. The summed E-state index contributed by atoms with van der Waals surface area (Å²) in [4.78, 5) is 30.5. The summed E-state index contributed by atoms with van der Waals surface area (Å²) in [7, 11) is 1.67. The van der Waals surface area contributed by atoms with Gasteiger partial charge in [0, 0.05) is 37.2 Å². The van der Waals surface area contributed by atoms with Gasteiger partial charge in [-0.05, 0) is 82.5 Å². The Morgan fingerprint density at radius 3 is 2.87 bits per heavy atom. The molecule has 1 aromatic carbocycles. The van der Waals surface area contributed by atoms with Crippen LogP contribution in [-0.2, 0) is 16.0 Å². The third-order valence-corrected chi connectivity index (χ3v) is 8.48. The molecule has 1 aromatic heterocycles. The minimum absolute atomic E-state index is 0.0283. The smallest absolute Gasteiger partial charge is 0.239 e. The highest BCUT2D eigenvalue weighted by atomic mass is 16.5. The molecule has 4 bridgehead atoms. The molecule has 206 valence electrons. The number of rotatable bonds is 4. The van der Waals surface area contributed by atoms with Crippen molar-refractivity contribution in [2.45, 2.75) is 70.9 Å². The first kappa shape index (κ1) is 26.5. The van der Waals surface area contributed by atoms with E-state index in [1.807, 2.05) is 19.9 Å². The number of fused-ring (bicyclic) bond motifs is 8. The molecule has 9 nitrogen and oxygen atoms in total. The average molecular weight is 525 g/mol. The van der Waals surface area contributed by atoms with Crippen LogP contribution in [0.5, 0.6) is 11.5 Å². The normalized spacial score (nSPS) is 24.6. The van der Waals surface area contributed by atoms with Crippen molar-refractivity contribution < 1.29 is 23.6 Å². The van der Waals surface area contributed by atoms with Crippen LogP contribution in [-0.4, -0.2) is 72.7 Å². The molecule has 2 saturated heterocycles. The van der Waals surface area contributed by atoms with E-state index in [1.54, 1.807) is 12.0 Å². The van der Waals surface area contributed by atoms with Gasteiger partial charge in [-0.1, -0.05) is 11.2 Å². The summed E-state index contributed by atoms with van der Waals surface area (Å²) in [5.74, 6) is 2.53. The highest BCUT2D eigenvalue weighted by molar-refractivity contribution is 5.84. The van der Waals surface area contributed by atoms with Crippen molar-refractivity contribution in [1.29, 1.82) is 0 Å². The number of aromatic nitrogens is 1. The maximum absolute atomic E-state index is 13.2. The molecule has 3 aliphatic rings. The standard InChI is InChI=1S/C29H40N4O5/c1-19-23(20(2)38-31-19)9-11-29(35)32-12-4-5-14-37-27-16-21(8-10-26(27)36-3)25-15-22(17-30-28(34)18-32)24-7-6-13-33(24)25/h8,10,16,22,24-25H,4-7,9,11-15,17-18H2,1-3H3,(H,30,34)/t22-,24+,25-/m1/s1. The van der Waals surface area contributed by atoms with Crippen LogP contribution < -0.4 is 14.8 Å². The summed E-state index contributed by atoms with van der Waals surface area (Å²) >= 11 is 0. The molecule has 3 aliphatic heterocycles. The zero-order chi connectivity index (χ0) is 26.6. The molecule has 3 atom stereocenters. The fourth-order valence-corrected chi connectivity index (χ4v) is 6.45. The number of ether oxygens (including phenoxy) is 2. The summed E-state index contributed by atoms with van der Waals surface area (Å²) in [5, 5.41) is 7.16. The topological polar surface area (TPSA) is 97.1 Å². The predicted octanol–water partition coefficient (Wildman–Crippen LogP) is 3.58. The molecule has 0 unspecified atom stereocenters. The Labute approximate surface area is 224 Å². The minimum atomic E-state index is -0.0845. The largest absolute Gasteiger partial charge is 0.493 e. The zero-order valence-corrected chi connectivity index (χ0v) is 22.8. The van der Waals surface area contributed by atoms with E-state index in [9.17, 15) is 9.59 Å². The van der Waals surface area contributed by atoms with Crippen molar-refractivity contribution in [1.82, 2.24) is 20.3 Å². The number of nitrogens with zero attached hydrogens (tertiary/aromatic N) is 3. The lowest BCUT2D eigenvalue weighted by Crippen LogP contribution is -2.43. The second-order valence-electron chi connectivity index (χ2n) is 10.8. The van der Waals surface area contributed by atoms with E-state index in [0.29, 0.717) is 50.5 Å². The van der Waals surface area contributed by atoms with Crippen molar-refractivity contribution in [3.8, 4) is 11.5 Å². The molecular weight excluding hydrogens is 484 g/mol. The summed E-state index contributed by atoms with van der Waals surface area (Å²) in [5.41, 5.74) is 3.04. The Morgan fingerprint density at radius 1 is 1.21 bits per heavy atom. The van der Waals surface area contributed by atoms with Gasteiger partial charge in [-0.25, -0.2) is 0 Å². The van der Waals surface area contributed by atoms with Crippen LogP contribution in [0.4, 0.5) is 0 Å². The lowest BCUT2D eigenvalue weighted by molar-refractivity contribution is -0.136. The summed E-state index contributed by atoms with van der Waals surface area (Å²) in [6.07, 6.45) is 5.71. The molecule has 2 fully saturated rings. The van der Waals surface area contributed by atoms with E-state index >= 15 is 0 Å². The molecule has 2 amide bonds. The first-order valence-corrected chi connectivity index (χ1v) is 14.0. The van der Waals surface area contributed by atoms with E-state index in [-0.39, 0.29) is 18.4 Å². The van der Waals surface area contributed by atoms with Crippen LogP contribution in [0.2, 0.25) is 0 Å². The van der Waals surface area contributed by atoms with Crippen LogP contribution in [0.25, 0.3) is 0 Å². The number of hydrogen-bond acceptors (Lipinski definition) is 7. The van der Waals surface area contributed by atoms with E-state index in [4.69, 9.17) is 14.0 Å². The molecule has 9 heteroatoms. The number of methoxy groups -OCH3 is 1. The Hall–Kier alpha value is -3.07. The Morgan fingerprint density at radius 2 is 2.08 bits per heavy atom. The van der Waals surface area contributed by atoms with Crippen LogP contribution in [0.1, 0.15) is 67.1 Å². The van der Waals surface area contributed by atoms with Gasteiger partial charge in [0.25, 0.3) is 0 Å². The fourth-order valence-electron chi connectivity index (χ4n) is 6.45. The molecule has 2 aromatic rings. The van der Waals surface area contributed by atoms with Gasteiger partial charge >= 0.3 is 0 Å². The van der Waals surface area contributed by atoms with Gasteiger partial charge in [0.05, 0.1) is 26.0 Å². The number of hydrogen-bond donors (Lipinski definition) is 1. The summed E-state index contributed by atoms with van der Waals surface area (Å²) in [6, 6.07) is 7.08. The first-order valence-electron chi connectivity index (χ1n) is 14.0. The molecule has 5 rings (SSSR count). The third-order valence-electron chi connectivity index (χ3n) is 8.48. The van der Waals surface area contributed by atoms with Crippen LogP contribution in [0, 0.1) is 19.8 Å². The minimum Gasteiger partial charge on any atom is -0.493 e. The van der Waals surface area contributed by atoms with Gasteiger partial charge in [-0.15, -0.1) is 0 Å². The lowest BCUT2D eigenvalue weighted by Gasteiger charge is -2.25. The predicted molar refractivity (Wildman–Crippen MR) is 142 cm³/mol. The summed E-state index contributed by atoms with van der Waals surface area (Å²) in [6.45, 7) is 6.58. The van der Waals surface area contributed by atoms with Crippen molar-refractivity contribution in [3.05, 3.63) is 40.8 Å². The van der Waals surface area contributed by atoms with Crippen molar-refractivity contribution in [2.75, 3.05) is 39.9 Å². The second-order valence-corrected chi connectivity index (χ2v) is 10.8. The van der Waals surface area contributed by atoms with E-state index in [2.05, 4.69) is 27.5 Å². The monoisotopic (exact) mass is 524 g/mol. The number of aryl methyl sites for hydroxylation is 2. The number of amides is 2. The Balaban J connectivity index is 1.31. The number of carbonyl (C=O) groups excluding carboxylic acids is 2. The molecule has 0 radical (unpaired) electrons.